The lowest BCUT2D eigenvalue weighted by molar-refractivity contribution is 0.0930. The van der Waals surface area contributed by atoms with E-state index in [4.69, 9.17) is 11.6 Å². The number of halogens is 1. The van der Waals surface area contributed by atoms with Gasteiger partial charge in [-0.1, -0.05) is 48.4 Å². The summed E-state index contributed by atoms with van der Waals surface area (Å²) in [5.74, 6) is -0.298. The SMILES string of the molecule is CC[C@H](NC(=O)c1nn2cccnc2c1Cl)c1ccc(C)cc1. The van der Waals surface area contributed by atoms with Crippen LogP contribution in [-0.4, -0.2) is 20.5 Å². The van der Waals surface area contributed by atoms with Gasteiger partial charge in [-0.25, -0.2) is 9.50 Å². The fourth-order valence-electron chi connectivity index (χ4n) is 2.45. The molecule has 5 nitrogen and oxygen atoms in total. The molecular formula is C17H17ClN4O. The Labute approximate surface area is 139 Å². The van der Waals surface area contributed by atoms with Gasteiger partial charge in [-0.3, -0.25) is 4.79 Å². The van der Waals surface area contributed by atoms with E-state index in [0.29, 0.717) is 5.65 Å². The minimum Gasteiger partial charge on any atom is -0.344 e. The van der Waals surface area contributed by atoms with Crippen molar-refractivity contribution in [3.05, 3.63) is 64.6 Å². The zero-order valence-corrected chi connectivity index (χ0v) is 13.7. The number of nitrogens with zero attached hydrogens (tertiary/aromatic N) is 3. The second kappa shape index (κ2) is 6.38. The summed E-state index contributed by atoms with van der Waals surface area (Å²) in [6.45, 7) is 4.06. The Balaban J connectivity index is 1.86. The number of benzene rings is 1. The molecule has 3 rings (SSSR count). The molecule has 0 saturated heterocycles. The van der Waals surface area contributed by atoms with Crippen LogP contribution in [0.15, 0.2) is 42.7 Å². The number of fused-ring (bicyclic) bond motifs is 1. The van der Waals surface area contributed by atoms with Crippen molar-refractivity contribution in [1.29, 1.82) is 0 Å². The maximum atomic E-state index is 12.5. The van der Waals surface area contributed by atoms with Crippen LogP contribution in [0.25, 0.3) is 5.65 Å². The largest absolute Gasteiger partial charge is 0.344 e. The van der Waals surface area contributed by atoms with Crippen molar-refractivity contribution in [1.82, 2.24) is 19.9 Å². The van der Waals surface area contributed by atoms with Gasteiger partial charge in [0.25, 0.3) is 5.91 Å². The molecule has 0 fully saturated rings. The van der Waals surface area contributed by atoms with Gasteiger partial charge in [-0.05, 0) is 25.0 Å². The molecule has 23 heavy (non-hydrogen) atoms. The fraction of sp³-hybridized carbons (Fsp3) is 0.235. The van der Waals surface area contributed by atoms with Crippen LogP contribution < -0.4 is 5.32 Å². The molecule has 6 heteroatoms. The van der Waals surface area contributed by atoms with Crippen molar-refractivity contribution in [3.63, 3.8) is 0 Å². The number of carbonyl (C=O) groups is 1. The summed E-state index contributed by atoms with van der Waals surface area (Å²) in [5.41, 5.74) is 2.91. The summed E-state index contributed by atoms with van der Waals surface area (Å²) in [6.07, 6.45) is 4.10. The average molecular weight is 329 g/mol. The second-order valence-electron chi connectivity index (χ2n) is 5.40. The molecule has 0 radical (unpaired) electrons. The van der Waals surface area contributed by atoms with E-state index in [1.54, 1.807) is 18.5 Å². The third-order valence-electron chi connectivity index (χ3n) is 3.75. The Bertz CT molecular complexity index is 841. The summed E-state index contributed by atoms with van der Waals surface area (Å²) in [7, 11) is 0. The van der Waals surface area contributed by atoms with E-state index in [0.717, 1.165) is 12.0 Å². The summed E-state index contributed by atoms with van der Waals surface area (Å²) in [6, 6.07) is 9.77. The van der Waals surface area contributed by atoms with Crippen LogP contribution in [0.1, 0.15) is 41.0 Å². The second-order valence-corrected chi connectivity index (χ2v) is 5.77. The third-order valence-corrected chi connectivity index (χ3v) is 4.10. The molecule has 118 valence electrons. The van der Waals surface area contributed by atoms with Gasteiger partial charge >= 0.3 is 0 Å². The molecule has 0 unspecified atom stereocenters. The molecule has 0 saturated carbocycles. The third kappa shape index (κ3) is 3.05. The predicted molar refractivity (Wildman–Crippen MR) is 89.7 cm³/mol. The topological polar surface area (TPSA) is 59.3 Å². The first-order valence-electron chi connectivity index (χ1n) is 7.46. The first-order valence-corrected chi connectivity index (χ1v) is 7.84. The first-order chi connectivity index (χ1) is 11.1. The van der Waals surface area contributed by atoms with Crippen molar-refractivity contribution in [2.24, 2.45) is 0 Å². The maximum Gasteiger partial charge on any atom is 0.273 e. The molecule has 0 aliphatic carbocycles. The number of aryl methyl sites for hydroxylation is 1. The van der Waals surface area contributed by atoms with Crippen LogP contribution in [-0.2, 0) is 0 Å². The monoisotopic (exact) mass is 328 g/mol. The van der Waals surface area contributed by atoms with E-state index in [-0.39, 0.29) is 22.7 Å². The molecule has 1 atom stereocenters. The highest BCUT2D eigenvalue weighted by molar-refractivity contribution is 6.36. The van der Waals surface area contributed by atoms with Crippen LogP contribution in [0.2, 0.25) is 5.02 Å². The molecule has 2 aromatic heterocycles. The molecule has 0 aliphatic rings. The zero-order valence-electron chi connectivity index (χ0n) is 13.0. The van der Waals surface area contributed by atoms with E-state index in [2.05, 4.69) is 15.4 Å². The normalized spacial score (nSPS) is 12.3. The number of hydrogen-bond donors (Lipinski definition) is 1. The van der Waals surface area contributed by atoms with E-state index in [1.807, 2.05) is 38.1 Å². The molecule has 1 amide bonds. The van der Waals surface area contributed by atoms with Gasteiger partial charge in [0.2, 0.25) is 0 Å². The van der Waals surface area contributed by atoms with Crippen LogP contribution in [0.4, 0.5) is 0 Å². The van der Waals surface area contributed by atoms with E-state index in [1.165, 1.54) is 10.1 Å². The lowest BCUT2D eigenvalue weighted by Crippen LogP contribution is -2.28. The van der Waals surface area contributed by atoms with Gasteiger partial charge in [0, 0.05) is 12.4 Å². The molecular weight excluding hydrogens is 312 g/mol. The number of amides is 1. The Morgan fingerprint density at radius 3 is 2.74 bits per heavy atom. The first kappa shape index (κ1) is 15.5. The molecule has 0 spiro atoms. The standard InChI is InChI=1S/C17H17ClN4O/c1-3-13(12-7-5-11(2)6-8-12)20-17(23)15-14(18)16-19-9-4-10-22(16)21-15/h4-10,13H,3H2,1-2H3,(H,20,23)/t13-/m0/s1. The van der Waals surface area contributed by atoms with Gasteiger partial charge in [0.15, 0.2) is 11.3 Å². The van der Waals surface area contributed by atoms with Crippen molar-refractivity contribution in [2.75, 3.05) is 0 Å². The fourth-order valence-corrected chi connectivity index (χ4v) is 2.71. The van der Waals surface area contributed by atoms with Gasteiger partial charge in [-0.2, -0.15) is 5.10 Å². The van der Waals surface area contributed by atoms with Crippen molar-refractivity contribution in [3.8, 4) is 0 Å². The van der Waals surface area contributed by atoms with E-state index in [9.17, 15) is 4.79 Å². The Morgan fingerprint density at radius 2 is 2.09 bits per heavy atom. The number of hydrogen-bond acceptors (Lipinski definition) is 3. The predicted octanol–water partition coefficient (Wildman–Crippen LogP) is 3.57. The van der Waals surface area contributed by atoms with Crippen molar-refractivity contribution in [2.45, 2.75) is 26.3 Å². The zero-order chi connectivity index (χ0) is 16.4. The van der Waals surface area contributed by atoms with Crippen molar-refractivity contribution >= 4 is 23.2 Å². The molecule has 3 aromatic rings. The minimum atomic E-state index is -0.298. The number of aromatic nitrogens is 3. The highest BCUT2D eigenvalue weighted by Gasteiger charge is 2.21. The highest BCUT2D eigenvalue weighted by atomic mass is 35.5. The minimum absolute atomic E-state index is 0.0862. The molecule has 0 bridgehead atoms. The average Bonchev–Trinajstić information content (AvgIpc) is 2.91. The van der Waals surface area contributed by atoms with Crippen molar-refractivity contribution < 1.29 is 4.79 Å². The summed E-state index contributed by atoms with van der Waals surface area (Å²) in [5, 5.41) is 7.48. The summed E-state index contributed by atoms with van der Waals surface area (Å²) in [4.78, 5) is 16.7. The Morgan fingerprint density at radius 1 is 1.35 bits per heavy atom. The van der Waals surface area contributed by atoms with Gasteiger partial charge < -0.3 is 5.32 Å². The van der Waals surface area contributed by atoms with Crippen LogP contribution >= 0.6 is 11.6 Å². The number of carbonyl (C=O) groups excluding carboxylic acids is 1. The Hall–Kier alpha value is -2.40. The smallest absolute Gasteiger partial charge is 0.273 e. The van der Waals surface area contributed by atoms with Gasteiger partial charge in [-0.15, -0.1) is 0 Å². The lowest BCUT2D eigenvalue weighted by atomic mass is 10.0. The number of rotatable bonds is 4. The quantitative estimate of drug-likeness (QED) is 0.796. The maximum absolute atomic E-state index is 12.5. The summed E-state index contributed by atoms with van der Waals surface area (Å²) < 4.78 is 1.50. The molecule has 1 aromatic carbocycles. The van der Waals surface area contributed by atoms with E-state index >= 15 is 0 Å². The molecule has 2 heterocycles. The van der Waals surface area contributed by atoms with Crippen LogP contribution in [0.5, 0.6) is 0 Å². The number of nitrogens with one attached hydrogen (secondary N) is 1. The molecule has 1 N–H and O–H groups in total. The van der Waals surface area contributed by atoms with Gasteiger partial charge in [0.05, 0.1) is 6.04 Å². The lowest BCUT2D eigenvalue weighted by Gasteiger charge is -2.17. The van der Waals surface area contributed by atoms with Crippen LogP contribution in [0.3, 0.4) is 0 Å². The highest BCUT2D eigenvalue weighted by Crippen LogP contribution is 2.22. The Kier molecular flexibility index (Phi) is 4.30. The van der Waals surface area contributed by atoms with Crippen LogP contribution in [0, 0.1) is 6.92 Å². The van der Waals surface area contributed by atoms with E-state index < -0.39 is 0 Å². The summed E-state index contributed by atoms with van der Waals surface area (Å²) >= 11 is 6.24. The molecule has 0 aliphatic heterocycles. The van der Waals surface area contributed by atoms with Gasteiger partial charge in [0.1, 0.15) is 5.02 Å².